The van der Waals surface area contributed by atoms with Crippen LogP contribution in [-0.2, 0) is 4.79 Å². The molecule has 8 nitrogen and oxygen atoms in total. The molecule has 0 spiro atoms. The van der Waals surface area contributed by atoms with Crippen LogP contribution in [0.1, 0.15) is 5.56 Å². The number of carbonyl (C=O) groups excluding carboxylic acids is 1. The van der Waals surface area contributed by atoms with E-state index in [9.17, 15) is 4.79 Å². The molecule has 28 heavy (non-hydrogen) atoms. The fourth-order valence-corrected chi connectivity index (χ4v) is 3.36. The van der Waals surface area contributed by atoms with E-state index in [4.69, 9.17) is 14.2 Å². The van der Waals surface area contributed by atoms with E-state index in [0.29, 0.717) is 27.9 Å². The smallest absolute Gasteiger partial charge is 0.259 e. The van der Waals surface area contributed by atoms with Crippen molar-refractivity contribution >= 4 is 38.8 Å². The molecule has 1 aromatic heterocycles. The summed E-state index contributed by atoms with van der Waals surface area (Å²) in [5, 5.41) is 7.65. The van der Waals surface area contributed by atoms with E-state index in [-0.39, 0.29) is 12.5 Å². The number of carbonyl (C=O) groups is 1. The summed E-state index contributed by atoms with van der Waals surface area (Å²) in [6.07, 6.45) is 1.50. The number of thiazole rings is 1. The van der Waals surface area contributed by atoms with Gasteiger partial charge in [-0.1, -0.05) is 23.5 Å². The van der Waals surface area contributed by atoms with Crippen LogP contribution in [0.15, 0.2) is 41.5 Å². The summed E-state index contributed by atoms with van der Waals surface area (Å²) < 4.78 is 16.9. The van der Waals surface area contributed by atoms with Crippen LogP contribution in [0, 0.1) is 0 Å². The van der Waals surface area contributed by atoms with Gasteiger partial charge in [0.2, 0.25) is 5.75 Å². The number of hydrazone groups is 1. The molecule has 0 atom stereocenters. The average Bonchev–Trinajstić information content (AvgIpc) is 3.14. The summed E-state index contributed by atoms with van der Waals surface area (Å²) in [5.74, 6) is 1.22. The number of hydrogen-bond donors (Lipinski definition) is 2. The molecule has 0 radical (unpaired) electrons. The number of anilines is 1. The Hall–Kier alpha value is -3.33. The lowest BCUT2D eigenvalue weighted by molar-refractivity contribution is -0.119. The minimum absolute atomic E-state index is 0.0619. The van der Waals surface area contributed by atoms with E-state index >= 15 is 0 Å². The number of para-hydroxylation sites is 1. The summed E-state index contributed by atoms with van der Waals surface area (Å²) >= 11 is 1.49. The van der Waals surface area contributed by atoms with Gasteiger partial charge in [0.05, 0.1) is 44.3 Å². The molecule has 2 N–H and O–H groups in total. The van der Waals surface area contributed by atoms with Gasteiger partial charge in [-0.15, -0.1) is 0 Å². The fraction of sp³-hybridized carbons (Fsp3) is 0.211. The fourth-order valence-electron chi connectivity index (χ4n) is 2.50. The quantitative estimate of drug-likeness (QED) is 0.446. The second kappa shape index (κ2) is 9.05. The van der Waals surface area contributed by atoms with Crippen molar-refractivity contribution in [1.29, 1.82) is 0 Å². The van der Waals surface area contributed by atoms with Crippen molar-refractivity contribution < 1.29 is 19.0 Å². The summed E-state index contributed by atoms with van der Waals surface area (Å²) in [4.78, 5) is 16.4. The average molecular weight is 400 g/mol. The Kier molecular flexibility index (Phi) is 6.28. The molecule has 0 aliphatic heterocycles. The van der Waals surface area contributed by atoms with Crippen LogP contribution in [-0.4, -0.2) is 45.0 Å². The van der Waals surface area contributed by atoms with Crippen molar-refractivity contribution in [2.45, 2.75) is 0 Å². The minimum Gasteiger partial charge on any atom is -0.493 e. The Bertz CT molecular complexity index is 945. The SMILES string of the molecule is COc1cc(/C=N\NC(=O)CNc2nc3ccccc3s2)cc(OC)c1OC. The summed E-state index contributed by atoms with van der Waals surface area (Å²) in [6, 6.07) is 11.3. The number of ether oxygens (including phenoxy) is 3. The standard InChI is InChI=1S/C19H20N4O4S/c1-25-14-8-12(9-15(26-2)18(14)27-3)10-21-23-17(24)11-20-19-22-13-6-4-5-7-16(13)28-19/h4-10H,11H2,1-3H3,(H,20,22)(H,23,24)/b21-10-. The zero-order chi connectivity index (χ0) is 19.9. The third kappa shape index (κ3) is 4.49. The maximum atomic E-state index is 12.0. The van der Waals surface area contributed by atoms with Gasteiger partial charge in [0.1, 0.15) is 0 Å². The first-order valence-electron chi connectivity index (χ1n) is 8.36. The lowest BCUT2D eigenvalue weighted by Crippen LogP contribution is -2.25. The summed E-state index contributed by atoms with van der Waals surface area (Å²) in [6.45, 7) is 0.0619. The van der Waals surface area contributed by atoms with E-state index in [1.54, 1.807) is 12.1 Å². The molecule has 0 saturated carbocycles. The van der Waals surface area contributed by atoms with E-state index in [1.165, 1.54) is 38.9 Å². The molecule has 1 heterocycles. The Morgan fingerprint density at radius 3 is 2.50 bits per heavy atom. The molecule has 9 heteroatoms. The van der Waals surface area contributed by atoms with Crippen LogP contribution in [0.3, 0.4) is 0 Å². The zero-order valence-electron chi connectivity index (χ0n) is 15.7. The highest BCUT2D eigenvalue weighted by atomic mass is 32.1. The van der Waals surface area contributed by atoms with Crippen molar-refractivity contribution in [2.75, 3.05) is 33.2 Å². The number of rotatable bonds is 8. The van der Waals surface area contributed by atoms with E-state index < -0.39 is 0 Å². The van der Waals surface area contributed by atoms with Gasteiger partial charge in [0, 0.05) is 5.56 Å². The molecule has 1 amide bonds. The van der Waals surface area contributed by atoms with Crippen molar-refractivity contribution in [3.63, 3.8) is 0 Å². The molecule has 0 bridgehead atoms. The van der Waals surface area contributed by atoms with Gasteiger partial charge < -0.3 is 19.5 Å². The molecule has 0 aliphatic carbocycles. The second-order valence-electron chi connectivity index (χ2n) is 5.59. The van der Waals surface area contributed by atoms with Gasteiger partial charge in [-0.2, -0.15) is 5.10 Å². The maximum absolute atomic E-state index is 12.0. The summed E-state index contributed by atoms with van der Waals surface area (Å²) in [5.41, 5.74) is 4.06. The highest BCUT2D eigenvalue weighted by Crippen LogP contribution is 2.37. The predicted octanol–water partition coefficient (Wildman–Crippen LogP) is 2.88. The lowest BCUT2D eigenvalue weighted by Gasteiger charge is -2.12. The zero-order valence-corrected chi connectivity index (χ0v) is 16.5. The topological polar surface area (TPSA) is 94.1 Å². The lowest BCUT2D eigenvalue weighted by atomic mass is 10.2. The van der Waals surface area contributed by atoms with Gasteiger partial charge in [-0.3, -0.25) is 4.79 Å². The van der Waals surface area contributed by atoms with Gasteiger partial charge in [0.25, 0.3) is 5.91 Å². The first kappa shape index (κ1) is 19.4. The highest BCUT2D eigenvalue weighted by Gasteiger charge is 2.12. The van der Waals surface area contributed by atoms with Crippen LogP contribution in [0.2, 0.25) is 0 Å². The van der Waals surface area contributed by atoms with Crippen LogP contribution < -0.4 is 25.0 Å². The van der Waals surface area contributed by atoms with Crippen LogP contribution >= 0.6 is 11.3 Å². The number of nitrogens with one attached hydrogen (secondary N) is 2. The molecule has 3 aromatic rings. The number of amides is 1. The Morgan fingerprint density at radius 1 is 1.14 bits per heavy atom. The van der Waals surface area contributed by atoms with Gasteiger partial charge in [-0.05, 0) is 24.3 Å². The van der Waals surface area contributed by atoms with Crippen molar-refractivity contribution in [3.8, 4) is 17.2 Å². The third-order valence-corrected chi connectivity index (χ3v) is 4.78. The number of hydrogen-bond acceptors (Lipinski definition) is 8. The van der Waals surface area contributed by atoms with E-state index in [1.807, 2.05) is 24.3 Å². The number of benzene rings is 2. The largest absolute Gasteiger partial charge is 0.493 e. The van der Waals surface area contributed by atoms with Gasteiger partial charge in [0.15, 0.2) is 16.6 Å². The van der Waals surface area contributed by atoms with E-state index in [0.717, 1.165) is 10.2 Å². The Morgan fingerprint density at radius 2 is 1.86 bits per heavy atom. The van der Waals surface area contributed by atoms with E-state index in [2.05, 4.69) is 20.8 Å². The predicted molar refractivity (Wildman–Crippen MR) is 110 cm³/mol. The first-order chi connectivity index (χ1) is 13.6. The van der Waals surface area contributed by atoms with Crippen LogP contribution in [0.4, 0.5) is 5.13 Å². The molecular weight excluding hydrogens is 380 g/mol. The second-order valence-corrected chi connectivity index (χ2v) is 6.62. The minimum atomic E-state index is -0.289. The van der Waals surface area contributed by atoms with Crippen molar-refractivity contribution in [2.24, 2.45) is 5.10 Å². The van der Waals surface area contributed by atoms with Gasteiger partial charge >= 0.3 is 0 Å². The summed E-state index contributed by atoms with van der Waals surface area (Å²) in [7, 11) is 4.61. The molecule has 3 rings (SSSR count). The van der Waals surface area contributed by atoms with Gasteiger partial charge in [-0.25, -0.2) is 10.4 Å². The molecule has 0 fully saturated rings. The number of fused-ring (bicyclic) bond motifs is 1. The molecule has 146 valence electrons. The highest BCUT2D eigenvalue weighted by molar-refractivity contribution is 7.22. The number of nitrogens with zero attached hydrogens (tertiary/aromatic N) is 2. The molecule has 0 unspecified atom stereocenters. The maximum Gasteiger partial charge on any atom is 0.259 e. The van der Waals surface area contributed by atoms with Crippen molar-refractivity contribution in [1.82, 2.24) is 10.4 Å². The Balaban J connectivity index is 1.58. The number of aromatic nitrogens is 1. The number of methoxy groups -OCH3 is 3. The van der Waals surface area contributed by atoms with Crippen LogP contribution in [0.25, 0.3) is 10.2 Å². The van der Waals surface area contributed by atoms with Crippen LogP contribution in [0.5, 0.6) is 17.2 Å². The van der Waals surface area contributed by atoms with Crippen molar-refractivity contribution in [3.05, 3.63) is 42.0 Å². The normalized spacial score (nSPS) is 10.8. The molecule has 0 aliphatic rings. The monoisotopic (exact) mass is 400 g/mol. The third-order valence-electron chi connectivity index (χ3n) is 3.78. The Labute approximate surface area is 166 Å². The molecule has 2 aromatic carbocycles. The first-order valence-corrected chi connectivity index (χ1v) is 9.17. The molecule has 0 saturated heterocycles. The molecular formula is C19H20N4O4S.